The van der Waals surface area contributed by atoms with Crippen LogP contribution < -0.4 is 5.32 Å². The summed E-state index contributed by atoms with van der Waals surface area (Å²) < 4.78 is 17.8. The smallest absolute Gasteiger partial charge is 0.320 e. The second-order valence-electron chi connectivity index (χ2n) is 13.0. The third kappa shape index (κ3) is 10.0. The van der Waals surface area contributed by atoms with Crippen molar-refractivity contribution in [3.63, 3.8) is 0 Å². The van der Waals surface area contributed by atoms with Crippen LogP contribution in [0, 0.1) is 11.3 Å². The van der Waals surface area contributed by atoms with Gasteiger partial charge in [0.2, 0.25) is 11.8 Å². The quantitative estimate of drug-likeness (QED) is 0.134. The second kappa shape index (κ2) is 18.7. The Hall–Kier alpha value is -3.49. The van der Waals surface area contributed by atoms with Crippen molar-refractivity contribution in [3.8, 4) is 0 Å². The van der Waals surface area contributed by atoms with Gasteiger partial charge in [-0.25, -0.2) is 0 Å². The first-order chi connectivity index (χ1) is 22.9. The number of benzene rings is 2. The minimum absolute atomic E-state index is 0.0207. The number of fused-ring (bicyclic) bond motifs is 1. The lowest BCUT2D eigenvalue weighted by atomic mass is 9.66. The fourth-order valence-electron chi connectivity index (χ4n) is 6.92. The number of likely N-dealkylation sites (tertiary alicyclic amines) is 1. The molecule has 2 heterocycles. The largest absolute Gasteiger partial charge is 0.468 e. The molecule has 2 amide bonds. The molecule has 4 rings (SSSR count). The van der Waals surface area contributed by atoms with Crippen molar-refractivity contribution in [3.05, 3.63) is 83.6 Å². The lowest BCUT2D eigenvalue weighted by molar-refractivity contribution is -0.178. The van der Waals surface area contributed by atoms with Crippen molar-refractivity contribution in [1.29, 1.82) is 0 Å². The number of nitrogens with one attached hydrogen (secondary N) is 1. The Morgan fingerprint density at radius 1 is 0.936 bits per heavy atom. The normalized spacial score (nSPS) is 22.4. The summed E-state index contributed by atoms with van der Waals surface area (Å²) in [4.78, 5) is 42.8. The molecule has 0 unspecified atom stereocenters. The van der Waals surface area contributed by atoms with Gasteiger partial charge < -0.3 is 24.4 Å². The molecule has 1 saturated heterocycles. The number of amides is 2. The third-order valence-electron chi connectivity index (χ3n) is 9.52. The first-order valence-electron chi connectivity index (χ1n) is 17.6. The van der Waals surface area contributed by atoms with Gasteiger partial charge in [0, 0.05) is 31.1 Å². The minimum Gasteiger partial charge on any atom is -0.468 e. The van der Waals surface area contributed by atoms with Crippen LogP contribution in [0.15, 0.2) is 72.4 Å². The molecule has 4 atom stereocenters. The molecule has 0 aliphatic carbocycles. The van der Waals surface area contributed by atoms with Gasteiger partial charge in [0.15, 0.2) is 0 Å². The number of aryl methyl sites for hydroxylation is 1. The Balaban J connectivity index is 1.46. The van der Waals surface area contributed by atoms with E-state index in [9.17, 15) is 14.4 Å². The van der Waals surface area contributed by atoms with Gasteiger partial charge >= 0.3 is 5.97 Å². The van der Waals surface area contributed by atoms with Gasteiger partial charge in [0.25, 0.3) is 0 Å². The zero-order valence-corrected chi connectivity index (χ0v) is 28.6. The summed E-state index contributed by atoms with van der Waals surface area (Å²) in [6.45, 7) is 5.82. The number of rotatable bonds is 19. The number of unbranched alkanes of at least 4 members (excludes halogenated alkanes) is 6. The molecular weight excluding hydrogens is 592 g/mol. The molecule has 8 heteroatoms. The van der Waals surface area contributed by atoms with E-state index in [1.807, 2.05) is 61.5 Å². The molecule has 0 saturated carbocycles. The number of methoxy groups -OCH3 is 1. The van der Waals surface area contributed by atoms with Crippen LogP contribution in [0.5, 0.6) is 0 Å². The monoisotopic (exact) mass is 646 g/mol. The van der Waals surface area contributed by atoms with Gasteiger partial charge in [-0.05, 0) is 56.2 Å². The fraction of sp³-hybridized carbons (Fsp3) is 0.564. The van der Waals surface area contributed by atoms with Crippen molar-refractivity contribution in [2.24, 2.45) is 11.3 Å². The number of nitrogens with zero attached hydrogens (tertiary/aromatic N) is 1. The summed E-state index contributed by atoms with van der Waals surface area (Å²) in [5.74, 6) is -1.38. The van der Waals surface area contributed by atoms with Crippen molar-refractivity contribution >= 4 is 17.8 Å². The first kappa shape index (κ1) is 36.3. The highest BCUT2D eigenvalue weighted by molar-refractivity contribution is 5.92. The number of hydrogen-bond acceptors (Lipinski definition) is 6. The van der Waals surface area contributed by atoms with E-state index in [2.05, 4.69) is 24.4 Å². The molecule has 1 N–H and O–H groups in total. The van der Waals surface area contributed by atoms with Crippen LogP contribution in [0.2, 0.25) is 0 Å². The lowest BCUT2D eigenvalue weighted by Crippen LogP contribution is -2.60. The Morgan fingerprint density at radius 3 is 2.32 bits per heavy atom. The van der Waals surface area contributed by atoms with E-state index < -0.39 is 29.5 Å². The highest BCUT2D eigenvalue weighted by Gasteiger charge is 2.59. The van der Waals surface area contributed by atoms with Gasteiger partial charge in [-0.2, -0.15) is 0 Å². The minimum atomic E-state index is -1.19. The SMILES string of the molecule is CCCCCCCCN1C(=O)[C@@H](CC(=O)NCCCCc2ccccc2)C[C@@]2(C(=O)OC)C1=C[C@H](COCc1ccccc1)O[C@@H]2C. The highest BCUT2D eigenvalue weighted by Crippen LogP contribution is 2.50. The molecule has 0 radical (unpaired) electrons. The standard InChI is InChI=1S/C39H54N2O6/c1-4-5-6-7-8-17-24-41-35-26-34(29-46-28-32-21-13-10-14-22-32)47-30(2)39(35,38(44)45-3)27-33(37(41)43)25-36(42)40-23-16-15-20-31-18-11-9-12-19-31/h9-14,18-19,21-22,26,30,33-34H,4-8,15-17,20,23-25,27-29H2,1-3H3,(H,40,42)/t30-,33+,34-,39+/m1/s1. The van der Waals surface area contributed by atoms with Crippen LogP contribution in [-0.4, -0.2) is 61.7 Å². The summed E-state index contributed by atoms with van der Waals surface area (Å²) in [7, 11) is 1.38. The highest BCUT2D eigenvalue weighted by atomic mass is 16.5. The van der Waals surface area contributed by atoms with E-state index in [1.165, 1.54) is 31.9 Å². The van der Waals surface area contributed by atoms with Crippen LogP contribution >= 0.6 is 0 Å². The van der Waals surface area contributed by atoms with Gasteiger partial charge in [-0.15, -0.1) is 0 Å². The van der Waals surface area contributed by atoms with Crippen molar-refractivity contribution in [2.75, 3.05) is 26.8 Å². The first-order valence-corrected chi connectivity index (χ1v) is 17.6. The Kier molecular flexibility index (Phi) is 14.5. The summed E-state index contributed by atoms with van der Waals surface area (Å²) in [5, 5.41) is 3.02. The van der Waals surface area contributed by atoms with Gasteiger partial charge in [0.1, 0.15) is 11.5 Å². The van der Waals surface area contributed by atoms with Crippen LogP contribution in [0.4, 0.5) is 0 Å². The van der Waals surface area contributed by atoms with Gasteiger partial charge in [-0.1, -0.05) is 99.7 Å². The maximum absolute atomic E-state index is 14.2. The molecular formula is C39H54N2O6. The van der Waals surface area contributed by atoms with Crippen LogP contribution in [0.25, 0.3) is 0 Å². The summed E-state index contributed by atoms with van der Waals surface area (Å²) >= 11 is 0. The molecule has 1 fully saturated rings. The third-order valence-corrected chi connectivity index (χ3v) is 9.52. The van der Waals surface area contributed by atoms with Crippen LogP contribution in [0.3, 0.4) is 0 Å². The van der Waals surface area contributed by atoms with Gasteiger partial charge in [0.05, 0.1) is 26.4 Å². The average molecular weight is 647 g/mol. The Labute approximate surface area is 281 Å². The molecule has 0 aromatic heterocycles. The number of piperidine rings is 1. The van der Waals surface area contributed by atoms with Crippen LogP contribution in [0.1, 0.15) is 89.2 Å². The van der Waals surface area contributed by atoms with Crippen molar-refractivity contribution in [1.82, 2.24) is 10.2 Å². The van der Waals surface area contributed by atoms with E-state index in [4.69, 9.17) is 14.2 Å². The molecule has 256 valence electrons. The summed E-state index contributed by atoms with van der Waals surface area (Å²) in [6, 6.07) is 20.2. The number of hydrogen-bond donors (Lipinski definition) is 1. The molecule has 0 bridgehead atoms. The van der Waals surface area contributed by atoms with Gasteiger partial charge in [-0.3, -0.25) is 14.4 Å². The maximum atomic E-state index is 14.2. The molecule has 2 aliphatic rings. The van der Waals surface area contributed by atoms with E-state index in [1.54, 1.807) is 4.90 Å². The topological polar surface area (TPSA) is 94.2 Å². The molecule has 2 aromatic rings. The predicted molar refractivity (Wildman–Crippen MR) is 183 cm³/mol. The van der Waals surface area contributed by atoms with E-state index in [0.29, 0.717) is 25.4 Å². The Morgan fingerprint density at radius 2 is 1.62 bits per heavy atom. The van der Waals surface area contributed by atoms with E-state index in [-0.39, 0.29) is 31.3 Å². The summed E-state index contributed by atoms with van der Waals surface area (Å²) in [6.07, 6.45) is 10.3. The average Bonchev–Trinajstić information content (AvgIpc) is 3.08. The lowest BCUT2D eigenvalue weighted by Gasteiger charge is -2.51. The number of carbonyl (C=O) groups excluding carboxylic acids is 3. The van der Waals surface area contributed by atoms with Crippen molar-refractivity contribution in [2.45, 2.75) is 103 Å². The molecule has 2 aliphatic heterocycles. The zero-order chi connectivity index (χ0) is 33.5. The molecule has 8 nitrogen and oxygen atoms in total. The second-order valence-corrected chi connectivity index (χ2v) is 13.0. The molecule has 2 aromatic carbocycles. The molecule has 47 heavy (non-hydrogen) atoms. The maximum Gasteiger partial charge on any atom is 0.320 e. The molecule has 0 spiro atoms. The number of esters is 1. The Bertz CT molecular complexity index is 1300. The number of ether oxygens (including phenoxy) is 3. The van der Waals surface area contributed by atoms with E-state index in [0.717, 1.165) is 44.1 Å². The zero-order valence-electron chi connectivity index (χ0n) is 28.6. The predicted octanol–water partition coefficient (Wildman–Crippen LogP) is 6.77. The van der Waals surface area contributed by atoms with Crippen molar-refractivity contribution < 1.29 is 28.6 Å². The van der Waals surface area contributed by atoms with E-state index >= 15 is 0 Å². The van der Waals surface area contributed by atoms with Crippen LogP contribution in [-0.2, 0) is 41.6 Å². The summed E-state index contributed by atoms with van der Waals surface area (Å²) in [5.41, 5.74) is 1.78. The number of carbonyl (C=O) groups is 3. The fourth-order valence-corrected chi connectivity index (χ4v) is 6.92.